The van der Waals surface area contributed by atoms with Crippen molar-refractivity contribution >= 4 is 40.1 Å². The summed E-state index contributed by atoms with van der Waals surface area (Å²) in [5, 5.41) is 5.66. The molecule has 1 atom stereocenters. The van der Waals surface area contributed by atoms with Crippen LogP contribution in [0, 0.1) is 9.39 Å². The van der Waals surface area contributed by atoms with Crippen molar-refractivity contribution in [3.05, 3.63) is 63.0 Å². The molecule has 0 aliphatic carbocycles. The van der Waals surface area contributed by atoms with E-state index >= 15 is 0 Å². The summed E-state index contributed by atoms with van der Waals surface area (Å²) in [6.07, 6.45) is 0.421. The molecular weight excluding hydrogens is 422 g/mol. The molecule has 24 heavy (non-hydrogen) atoms. The van der Waals surface area contributed by atoms with E-state index in [-0.39, 0.29) is 23.7 Å². The van der Waals surface area contributed by atoms with Gasteiger partial charge in [0.2, 0.25) is 5.91 Å². The first-order valence-electron chi connectivity index (χ1n) is 7.56. The van der Waals surface area contributed by atoms with E-state index in [9.17, 15) is 14.0 Å². The molecule has 6 heteroatoms. The normalized spacial score (nSPS) is 11.7. The summed E-state index contributed by atoms with van der Waals surface area (Å²) in [6, 6.07) is 11.2. The fourth-order valence-electron chi connectivity index (χ4n) is 2.14. The minimum absolute atomic E-state index is 0.0463. The van der Waals surface area contributed by atoms with Crippen molar-refractivity contribution in [2.45, 2.75) is 26.3 Å². The lowest BCUT2D eigenvalue weighted by Crippen LogP contribution is -2.27. The molecule has 0 heterocycles. The molecule has 2 rings (SSSR count). The number of nitrogens with one attached hydrogen (secondary N) is 2. The Hall–Kier alpha value is -1.96. The third-order valence-corrected chi connectivity index (χ3v) is 4.43. The second-order valence-corrected chi connectivity index (χ2v) is 6.51. The zero-order valence-electron chi connectivity index (χ0n) is 13.4. The minimum Gasteiger partial charge on any atom is -0.345 e. The highest BCUT2D eigenvalue weighted by atomic mass is 127. The van der Waals surface area contributed by atoms with Gasteiger partial charge in [-0.3, -0.25) is 9.59 Å². The molecule has 0 bridgehead atoms. The Kier molecular flexibility index (Phi) is 6.30. The number of carbonyl (C=O) groups is 2. The molecule has 126 valence electrons. The van der Waals surface area contributed by atoms with Crippen LogP contribution in [-0.4, -0.2) is 11.8 Å². The summed E-state index contributed by atoms with van der Waals surface area (Å²) in [7, 11) is 0. The van der Waals surface area contributed by atoms with Gasteiger partial charge >= 0.3 is 0 Å². The lowest BCUT2D eigenvalue weighted by molar-refractivity contribution is -0.115. The van der Waals surface area contributed by atoms with Crippen LogP contribution < -0.4 is 10.6 Å². The SMILES string of the molecule is CCC(=O)Nc1ccc(C(C)NC(=O)c2ccc(F)cc2I)cc1. The van der Waals surface area contributed by atoms with Crippen LogP contribution in [0.3, 0.4) is 0 Å². The van der Waals surface area contributed by atoms with E-state index < -0.39 is 0 Å². The molecule has 0 aliphatic rings. The minimum atomic E-state index is -0.367. The van der Waals surface area contributed by atoms with Gasteiger partial charge in [0.05, 0.1) is 11.6 Å². The predicted octanol–water partition coefficient (Wildman–Crippen LogP) is 4.27. The van der Waals surface area contributed by atoms with Gasteiger partial charge in [0.25, 0.3) is 5.91 Å². The van der Waals surface area contributed by atoms with Crippen LogP contribution in [0.1, 0.15) is 42.2 Å². The molecule has 2 amide bonds. The predicted molar refractivity (Wildman–Crippen MR) is 100 cm³/mol. The van der Waals surface area contributed by atoms with Crippen LogP contribution in [0.25, 0.3) is 0 Å². The van der Waals surface area contributed by atoms with Gasteiger partial charge < -0.3 is 10.6 Å². The summed E-state index contributed by atoms with van der Waals surface area (Å²) >= 11 is 1.94. The van der Waals surface area contributed by atoms with E-state index in [1.807, 2.05) is 41.6 Å². The lowest BCUT2D eigenvalue weighted by atomic mass is 10.1. The number of hydrogen-bond donors (Lipinski definition) is 2. The van der Waals surface area contributed by atoms with Crippen LogP contribution in [-0.2, 0) is 4.79 Å². The standard InChI is InChI=1S/C18H18FIN2O2/c1-3-17(23)22-14-7-4-12(5-8-14)11(2)21-18(24)15-9-6-13(19)10-16(15)20/h4-11H,3H2,1-2H3,(H,21,24)(H,22,23). The van der Waals surface area contributed by atoms with Gasteiger partial charge in [-0.2, -0.15) is 0 Å². The third-order valence-electron chi connectivity index (χ3n) is 3.54. The quantitative estimate of drug-likeness (QED) is 0.683. The maximum Gasteiger partial charge on any atom is 0.252 e. The van der Waals surface area contributed by atoms with Gasteiger partial charge in [-0.05, 0) is 65.4 Å². The summed E-state index contributed by atoms with van der Waals surface area (Å²) in [6.45, 7) is 3.66. The Morgan fingerprint density at radius 1 is 1.17 bits per heavy atom. The molecule has 4 nitrogen and oxygen atoms in total. The van der Waals surface area contributed by atoms with Gasteiger partial charge in [0.15, 0.2) is 0 Å². The first-order chi connectivity index (χ1) is 11.4. The number of hydrogen-bond acceptors (Lipinski definition) is 2. The number of halogens is 2. The Morgan fingerprint density at radius 3 is 2.42 bits per heavy atom. The van der Waals surface area contributed by atoms with Gasteiger partial charge in [-0.15, -0.1) is 0 Å². The van der Waals surface area contributed by atoms with Crippen molar-refractivity contribution in [2.24, 2.45) is 0 Å². The van der Waals surface area contributed by atoms with Crippen LogP contribution >= 0.6 is 22.6 Å². The topological polar surface area (TPSA) is 58.2 Å². The van der Waals surface area contributed by atoms with Crippen molar-refractivity contribution in [1.29, 1.82) is 0 Å². The first kappa shape index (κ1) is 18.4. The molecule has 0 saturated heterocycles. The maximum absolute atomic E-state index is 13.1. The number of anilines is 1. The Labute approximate surface area is 154 Å². The second-order valence-electron chi connectivity index (χ2n) is 5.34. The van der Waals surface area contributed by atoms with Gasteiger partial charge in [-0.1, -0.05) is 19.1 Å². The van der Waals surface area contributed by atoms with E-state index in [0.717, 1.165) is 11.3 Å². The number of amides is 2. The number of carbonyl (C=O) groups excluding carboxylic acids is 2. The van der Waals surface area contributed by atoms with E-state index in [1.54, 1.807) is 19.1 Å². The average Bonchev–Trinajstić information content (AvgIpc) is 2.55. The number of rotatable bonds is 5. The maximum atomic E-state index is 13.1. The Morgan fingerprint density at radius 2 is 1.83 bits per heavy atom. The van der Waals surface area contributed by atoms with Crippen molar-refractivity contribution in [2.75, 3.05) is 5.32 Å². The summed E-state index contributed by atoms with van der Waals surface area (Å²) < 4.78 is 13.7. The highest BCUT2D eigenvalue weighted by Crippen LogP contribution is 2.19. The van der Waals surface area contributed by atoms with Crippen LogP contribution in [0.15, 0.2) is 42.5 Å². The van der Waals surface area contributed by atoms with Gasteiger partial charge in [0, 0.05) is 15.7 Å². The fourth-order valence-corrected chi connectivity index (χ4v) is 2.86. The van der Waals surface area contributed by atoms with Gasteiger partial charge in [0.1, 0.15) is 5.82 Å². The lowest BCUT2D eigenvalue weighted by Gasteiger charge is -2.16. The zero-order chi connectivity index (χ0) is 17.7. The van der Waals surface area contributed by atoms with Gasteiger partial charge in [-0.25, -0.2) is 4.39 Å². The zero-order valence-corrected chi connectivity index (χ0v) is 15.6. The molecule has 0 aromatic heterocycles. The van der Waals surface area contributed by atoms with E-state index in [1.165, 1.54) is 18.2 Å². The summed E-state index contributed by atoms with van der Waals surface area (Å²) in [4.78, 5) is 23.7. The van der Waals surface area contributed by atoms with Crippen molar-refractivity contribution in [1.82, 2.24) is 5.32 Å². The average molecular weight is 440 g/mol. The highest BCUT2D eigenvalue weighted by molar-refractivity contribution is 14.1. The van der Waals surface area contributed by atoms with Crippen molar-refractivity contribution in [3.63, 3.8) is 0 Å². The molecular formula is C18H18FIN2O2. The molecule has 0 radical (unpaired) electrons. The highest BCUT2D eigenvalue weighted by Gasteiger charge is 2.14. The summed E-state index contributed by atoms with van der Waals surface area (Å²) in [5.74, 6) is -0.668. The van der Waals surface area contributed by atoms with E-state index in [2.05, 4.69) is 10.6 Å². The second kappa shape index (κ2) is 8.23. The largest absolute Gasteiger partial charge is 0.345 e. The van der Waals surface area contributed by atoms with Crippen molar-refractivity contribution < 1.29 is 14.0 Å². The molecule has 0 aliphatic heterocycles. The van der Waals surface area contributed by atoms with E-state index in [4.69, 9.17) is 0 Å². The van der Waals surface area contributed by atoms with E-state index in [0.29, 0.717) is 15.6 Å². The van der Waals surface area contributed by atoms with Crippen LogP contribution in [0.2, 0.25) is 0 Å². The molecule has 0 fully saturated rings. The fraction of sp³-hybridized carbons (Fsp3) is 0.222. The molecule has 1 unspecified atom stereocenters. The van der Waals surface area contributed by atoms with Crippen LogP contribution in [0.4, 0.5) is 10.1 Å². The van der Waals surface area contributed by atoms with Crippen molar-refractivity contribution in [3.8, 4) is 0 Å². The Bertz CT molecular complexity index is 747. The smallest absolute Gasteiger partial charge is 0.252 e. The monoisotopic (exact) mass is 440 g/mol. The molecule has 2 aromatic rings. The third kappa shape index (κ3) is 4.77. The summed E-state index contributed by atoms with van der Waals surface area (Å²) in [5.41, 5.74) is 2.07. The molecule has 0 saturated carbocycles. The molecule has 2 aromatic carbocycles. The molecule has 0 spiro atoms. The Balaban J connectivity index is 2.04. The first-order valence-corrected chi connectivity index (χ1v) is 8.64. The van der Waals surface area contributed by atoms with Crippen LogP contribution in [0.5, 0.6) is 0 Å². The number of benzene rings is 2. The molecule has 2 N–H and O–H groups in total.